The molecule has 0 aliphatic rings. The lowest BCUT2D eigenvalue weighted by molar-refractivity contribution is 0.416. The van der Waals surface area contributed by atoms with E-state index in [0.29, 0.717) is 16.1 Å². The van der Waals surface area contributed by atoms with Crippen LogP contribution < -0.4 is 15.0 Å². The highest BCUT2D eigenvalue weighted by Crippen LogP contribution is 2.41. The van der Waals surface area contributed by atoms with Crippen molar-refractivity contribution in [2.45, 2.75) is 13.8 Å². The summed E-state index contributed by atoms with van der Waals surface area (Å²) in [7, 11) is -1.73. The van der Waals surface area contributed by atoms with E-state index >= 15 is 0 Å². The number of hydrogen-bond acceptors (Lipinski definition) is 5. The Balaban J connectivity index is 1.99. The van der Waals surface area contributed by atoms with Crippen LogP contribution in [-0.2, 0) is 10.0 Å². The highest BCUT2D eigenvalue weighted by Gasteiger charge is 2.18. The van der Waals surface area contributed by atoms with Gasteiger partial charge in [0.05, 0.1) is 18.4 Å². The van der Waals surface area contributed by atoms with Crippen molar-refractivity contribution >= 4 is 48.0 Å². The van der Waals surface area contributed by atoms with Gasteiger partial charge in [0.1, 0.15) is 10.4 Å². The molecular weight excluding hydrogens is 408 g/mol. The van der Waals surface area contributed by atoms with Gasteiger partial charge in [0, 0.05) is 22.0 Å². The molecule has 2 N–H and O–H groups in total. The zero-order valence-electron chi connectivity index (χ0n) is 16.2. The lowest BCUT2D eigenvalue weighted by atomic mass is 9.95. The predicted molar refractivity (Wildman–Crippen MR) is 120 cm³/mol. The number of pyridine rings is 1. The van der Waals surface area contributed by atoms with Crippen molar-refractivity contribution in [3.8, 4) is 16.9 Å². The van der Waals surface area contributed by atoms with Gasteiger partial charge in [-0.2, -0.15) is 0 Å². The number of anilines is 1. The summed E-state index contributed by atoms with van der Waals surface area (Å²) >= 11 is 1.40. The van der Waals surface area contributed by atoms with Crippen LogP contribution in [0, 0.1) is 6.92 Å². The van der Waals surface area contributed by atoms with Crippen LogP contribution in [0.25, 0.3) is 32.1 Å². The number of aryl methyl sites for hydroxylation is 1. The molecule has 29 heavy (non-hydrogen) atoms. The van der Waals surface area contributed by atoms with Crippen LogP contribution >= 0.6 is 11.3 Å². The van der Waals surface area contributed by atoms with E-state index in [4.69, 9.17) is 4.74 Å². The Morgan fingerprint density at radius 1 is 1.17 bits per heavy atom. The second kappa shape index (κ2) is 7.20. The molecule has 0 aliphatic carbocycles. The molecule has 0 atom stereocenters. The molecule has 6 nitrogen and oxygen atoms in total. The number of ether oxygens (including phenoxy) is 1. The van der Waals surface area contributed by atoms with Crippen molar-refractivity contribution in [3.05, 3.63) is 57.7 Å². The van der Waals surface area contributed by atoms with Gasteiger partial charge in [0.15, 0.2) is 0 Å². The van der Waals surface area contributed by atoms with E-state index < -0.39 is 10.0 Å². The molecule has 150 valence electrons. The van der Waals surface area contributed by atoms with Crippen molar-refractivity contribution in [1.82, 2.24) is 4.98 Å². The Hall–Kier alpha value is -2.84. The van der Waals surface area contributed by atoms with E-state index in [1.165, 1.54) is 11.3 Å². The normalized spacial score (nSPS) is 11.8. The first kappa shape index (κ1) is 19.5. The highest BCUT2D eigenvalue weighted by atomic mass is 32.2. The fourth-order valence-corrected chi connectivity index (χ4v) is 4.91. The number of sulfonamides is 1. The minimum Gasteiger partial charge on any atom is -0.496 e. The lowest BCUT2D eigenvalue weighted by Crippen LogP contribution is -2.14. The first-order chi connectivity index (χ1) is 13.8. The Morgan fingerprint density at radius 2 is 1.90 bits per heavy atom. The Kier molecular flexibility index (Phi) is 4.84. The standard InChI is InChI=1S/C21H20N2O4S2/c1-4-29(25,26)23-14-7-5-13(6-8-14)17-16(27-3)11-12(2)19-18(17)15-9-10-28-20(15)21(24)22-19/h5-11,23H,4H2,1-3H3,(H,22,24). The lowest BCUT2D eigenvalue weighted by Gasteiger charge is -2.16. The third-order valence-corrected chi connectivity index (χ3v) is 7.13. The summed E-state index contributed by atoms with van der Waals surface area (Å²) in [6, 6.07) is 11.0. The van der Waals surface area contributed by atoms with Crippen molar-refractivity contribution in [3.63, 3.8) is 0 Å². The number of H-pyrrole nitrogens is 1. The van der Waals surface area contributed by atoms with Gasteiger partial charge < -0.3 is 9.72 Å². The number of rotatable bonds is 5. The fourth-order valence-electron chi connectivity index (χ4n) is 3.47. The number of fused-ring (bicyclic) bond motifs is 3. The molecular formula is C21H20N2O4S2. The van der Waals surface area contributed by atoms with E-state index in [1.807, 2.05) is 36.6 Å². The summed E-state index contributed by atoms with van der Waals surface area (Å²) in [6.45, 7) is 3.53. The van der Waals surface area contributed by atoms with Gasteiger partial charge in [-0.1, -0.05) is 12.1 Å². The van der Waals surface area contributed by atoms with Gasteiger partial charge in [-0.25, -0.2) is 8.42 Å². The van der Waals surface area contributed by atoms with Crippen LogP contribution in [0.3, 0.4) is 0 Å². The monoisotopic (exact) mass is 428 g/mol. The number of methoxy groups -OCH3 is 1. The number of hydrogen-bond donors (Lipinski definition) is 2. The molecule has 4 rings (SSSR count). The van der Waals surface area contributed by atoms with E-state index in [-0.39, 0.29) is 11.3 Å². The molecule has 0 spiro atoms. The summed E-state index contributed by atoms with van der Waals surface area (Å²) in [4.78, 5) is 15.5. The Labute approximate surface area is 172 Å². The van der Waals surface area contributed by atoms with Crippen LogP contribution in [0.2, 0.25) is 0 Å². The average Bonchev–Trinajstić information content (AvgIpc) is 3.20. The van der Waals surface area contributed by atoms with Crippen molar-refractivity contribution in [2.24, 2.45) is 0 Å². The number of aromatic amines is 1. The third kappa shape index (κ3) is 3.38. The van der Waals surface area contributed by atoms with Crippen LogP contribution in [0.4, 0.5) is 5.69 Å². The molecule has 0 radical (unpaired) electrons. The van der Waals surface area contributed by atoms with Gasteiger partial charge in [-0.05, 0) is 54.6 Å². The third-order valence-electron chi connectivity index (χ3n) is 4.91. The van der Waals surface area contributed by atoms with E-state index in [0.717, 1.165) is 33.0 Å². The van der Waals surface area contributed by atoms with Crippen LogP contribution in [-0.4, -0.2) is 26.3 Å². The second-order valence-electron chi connectivity index (χ2n) is 6.72. The maximum atomic E-state index is 12.5. The van der Waals surface area contributed by atoms with Crippen molar-refractivity contribution < 1.29 is 13.2 Å². The van der Waals surface area contributed by atoms with E-state index in [9.17, 15) is 13.2 Å². The highest BCUT2D eigenvalue weighted by molar-refractivity contribution is 7.92. The average molecular weight is 429 g/mol. The molecule has 0 aliphatic heterocycles. The topological polar surface area (TPSA) is 88.3 Å². The molecule has 0 saturated heterocycles. The second-order valence-corrected chi connectivity index (χ2v) is 9.65. The largest absolute Gasteiger partial charge is 0.496 e. The smallest absolute Gasteiger partial charge is 0.266 e. The van der Waals surface area contributed by atoms with Gasteiger partial charge in [0.25, 0.3) is 5.56 Å². The van der Waals surface area contributed by atoms with Gasteiger partial charge in [-0.15, -0.1) is 11.3 Å². The molecule has 0 unspecified atom stereocenters. The SMILES string of the molecule is CCS(=O)(=O)Nc1ccc(-c2c(OC)cc(C)c3[nH]c(=O)c4sccc4c23)cc1. The molecule has 8 heteroatoms. The quantitative estimate of drug-likeness (QED) is 0.490. The van der Waals surface area contributed by atoms with E-state index in [1.54, 1.807) is 26.2 Å². The Morgan fingerprint density at radius 3 is 2.55 bits per heavy atom. The minimum atomic E-state index is -3.34. The first-order valence-corrected chi connectivity index (χ1v) is 11.6. The minimum absolute atomic E-state index is 0.00861. The summed E-state index contributed by atoms with van der Waals surface area (Å²) < 4.78 is 32.5. The molecule has 2 aromatic carbocycles. The Bertz CT molecular complexity index is 1380. The number of aromatic nitrogens is 1. The predicted octanol–water partition coefficient (Wildman–Crippen LogP) is 4.49. The molecule has 0 bridgehead atoms. The van der Waals surface area contributed by atoms with Crippen LogP contribution in [0.5, 0.6) is 5.75 Å². The first-order valence-electron chi connectivity index (χ1n) is 9.06. The van der Waals surface area contributed by atoms with Gasteiger partial charge >= 0.3 is 0 Å². The number of nitrogens with one attached hydrogen (secondary N) is 2. The summed E-state index contributed by atoms with van der Waals surface area (Å²) in [5, 5.41) is 3.70. The molecule has 2 aromatic heterocycles. The maximum Gasteiger partial charge on any atom is 0.266 e. The van der Waals surface area contributed by atoms with E-state index in [2.05, 4.69) is 9.71 Å². The zero-order chi connectivity index (χ0) is 20.8. The van der Waals surface area contributed by atoms with Gasteiger partial charge in [0.2, 0.25) is 10.0 Å². The number of benzene rings is 2. The molecule has 0 saturated carbocycles. The van der Waals surface area contributed by atoms with Gasteiger partial charge in [-0.3, -0.25) is 9.52 Å². The maximum absolute atomic E-state index is 12.5. The fraction of sp³-hybridized carbons (Fsp3) is 0.190. The number of thiophene rings is 1. The summed E-state index contributed by atoms with van der Waals surface area (Å²) in [5.74, 6) is 0.700. The molecule has 0 fully saturated rings. The summed E-state index contributed by atoms with van der Waals surface area (Å²) in [5.41, 5.74) is 3.81. The van der Waals surface area contributed by atoms with Crippen LogP contribution in [0.15, 0.2) is 46.6 Å². The summed E-state index contributed by atoms with van der Waals surface area (Å²) in [6.07, 6.45) is 0. The molecule has 4 aromatic rings. The molecule has 0 amide bonds. The van der Waals surface area contributed by atoms with Crippen molar-refractivity contribution in [2.75, 3.05) is 17.6 Å². The van der Waals surface area contributed by atoms with Crippen LogP contribution in [0.1, 0.15) is 12.5 Å². The zero-order valence-corrected chi connectivity index (χ0v) is 17.8. The van der Waals surface area contributed by atoms with Crippen molar-refractivity contribution in [1.29, 1.82) is 0 Å². The molecule has 2 heterocycles.